The van der Waals surface area contributed by atoms with E-state index in [1.54, 1.807) is 11.3 Å². The molecule has 0 atom stereocenters. The first-order valence-electron chi connectivity index (χ1n) is 6.12. The van der Waals surface area contributed by atoms with Crippen molar-refractivity contribution >= 4 is 32.9 Å². The molecule has 3 aromatic rings. The van der Waals surface area contributed by atoms with Gasteiger partial charge in [-0.15, -0.1) is 11.3 Å². The van der Waals surface area contributed by atoms with Crippen LogP contribution in [0.5, 0.6) is 0 Å². The van der Waals surface area contributed by atoms with Crippen molar-refractivity contribution in [2.75, 3.05) is 17.7 Å². The molecule has 0 unspecified atom stereocenters. The third-order valence-electron chi connectivity index (χ3n) is 3.19. The first-order valence-corrected chi connectivity index (χ1v) is 7.00. The van der Waals surface area contributed by atoms with E-state index in [2.05, 4.69) is 53.3 Å². The van der Waals surface area contributed by atoms with Crippen LogP contribution in [0.2, 0.25) is 0 Å². The highest BCUT2D eigenvalue weighted by molar-refractivity contribution is 7.16. The molecule has 19 heavy (non-hydrogen) atoms. The highest BCUT2D eigenvalue weighted by atomic mass is 32.1. The Morgan fingerprint density at radius 1 is 1.16 bits per heavy atom. The quantitative estimate of drug-likeness (QED) is 0.740. The number of anilines is 2. The zero-order valence-corrected chi connectivity index (χ0v) is 11.5. The lowest BCUT2D eigenvalue weighted by Gasteiger charge is -2.21. The molecule has 0 saturated carbocycles. The van der Waals surface area contributed by atoms with Gasteiger partial charge in [-0.25, -0.2) is 4.98 Å². The molecule has 0 amide bonds. The van der Waals surface area contributed by atoms with Crippen LogP contribution in [0.3, 0.4) is 0 Å². The monoisotopic (exact) mass is 269 g/mol. The molecule has 0 aliphatic heterocycles. The summed E-state index contributed by atoms with van der Waals surface area (Å²) < 4.78 is 1.13. The average Bonchev–Trinajstić information content (AvgIpc) is 2.89. The van der Waals surface area contributed by atoms with E-state index in [1.807, 2.05) is 11.6 Å². The molecule has 2 N–H and O–H groups in total. The summed E-state index contributed by atoms with van der Waals surface area (Å²) in [6, 6.07) is 14.5. The number of aromatic nitrogens is 1. The topological polar surface area (TPSA) is 42.2 Å². The molecular weight excluding hydrogens is 254 g/mol. The second-order valence-corrected chi connectivity index (χ2v) is 5.43. The summed E-state index contributed by atoms with van der Waals surface area (Å²) in [4.78, 5) is 6.49. The summed E-state index contributed by atoms with van der Waals surface area (Å²) in [6.07, 6.45) is 0. The first-order chi connectivity index (χ1) is 9.25. The van der Waals surface area contributed by atoms with Gasteiger partial charge in [-0.1, -0.05) is 30.3 Å². The molecule has 0 saturated heterocycles. The maximum absolute atomic E-state index is 6.22. The third kappa shape index (κ3) is 2.27. The fourth-order valence-corrected chi connectivity index (χ4v) is 2.91. The summed E-state index contributed by atoms with van der Waals surface area (Å²) in [6.45, 7) is 0.834. The van der Waals surface area contributed by atoms with Crippen LogP contribution in [0.25, 0.3) is 10.2 Å². The number of nitrogens with two attached hydrogens (primary N) is 1. The van der Waals surface area contributed by atoms with Crippen LogP contribution in [-0.2, 0) is 6.54 Å². The lowest BCUT2D eigenvalue weighted by Crippen LogP contribution is -2.17. The third-order valence-corrected chi connectivity index (χ3v) is 3.99. The Bertz CT molecular complexity index is 691. The van der Waals surface area contributed by atoms with E-state index in [4.69, 9.17) is 5.73 Å². The summed E-state index contributed by atoms with van der Waals surface area (Å²) >= 11 is 1.62. The Hall–Kier alpha value is -2.07. The fourth-order valence-electron chi connectivity index (χ4n) is 2.22. The SMILES string of the molecule is CN(Cc1ccccc1)c1ccc2scnc2c1N. The van der Waals surface area contributed by atoms with Crippen molar-refractivity contribution in [3.05, 3.63) is 53.5 Å². The van der Waals surface area contributed by atoms with Crippen molar-refractivity contribution in [2.45, 2.75) is 6.54 Å². The normalized spacial score (nSPS) is 10.8. The zero-order chi connectivity index (χ0) is 13.2. The lowest BCUT2D eigenvalue weighted by molar-refractivity contribution is 0.925. The van der Waals surface area contributed by atoms with Crippen molar-refractivity contribution in [3.8, 4) is 0 Å². The Morgan fingerprint density at radius 3 is 2.74 bits per heavy atom. The summed E-state index contributed by atoms with van der Waals surface area (Å²) in [7, 11) is 2.05. The van der Waals surface area contributed by atoms with Gasteiger partial charge in [0.25, 0.3) is 0 Å². The van der Waals surface area contributed by atoms with Crippen LogP contribution in [0.1, 0.15) is 5.56 Å². The molecule has 0 fully saturated rings. The Morgan fingerprint density at radius 2 is 1.95 bits per heavy atom. The smallest absolute Gasteiger partial charge is 0.106 e. The predicted octanol–water partition coefficient (Wildman–Crippen LogP) is 3.51. The highest BCUT2D eigenvalue weighted by Gasteiger charge is 2.10. The van der Waals surface area contributed by atoms with E-state index in [0.29, 0.717) is 0 Å². The molecule has 0 aliphatic rings. The van der Waals surface area contributed by atoms with E-state index >= 15 is 0 Å². The average molecular weight is 269 g/mol. The van der Waals surface area contributed by atoms with Crippen molar-refractivity contribution in [1.29, 1.82) is 0 Å². The van der Waals surface area contributed by atoms with E-state index in [-0.39, 0.29) is 0 Å². The van der Waals surface area contributed by atoms with Gasteiger partial charge in [0.2, 0.25) is 0 Å². The van der Waals surface area contributed by atoms with Gasteiger partial charge in [-0.05, 0) is 17.7 Å². The number of nitrogens with zero attached hydrogens (tertiary/aromatic N) is 2. The van der Waals surface area contributed by atoms with Gasteiger partial charge in [0, 0.05) is 13.6 Å². The predicted molar refractivity (Wildman–Crippen MR) is 82.6 cm³/mol. The molecule has 3 rings (SSSR count). The van der Waals surface area contributed by atoms with Crippen LogP contribution in [0.4, 0.5) is 11.4 Å². The molecule has 3 nitrogen and oxygen atoms in total. The Labute approximate surface area is 116 Å². The van der Waals surface area contributed by atoms with Crippen molar-refractivity contribution in [2.24, 2.45) is 0 Å². The molecule has 0 aliphatic carbocycles. The molecule has 96 valence electrons. The minimum Gasteiger partial charge on any atom is -0.395 e. The van der Waals surface area contributed by atoms with Crippen LogP contribution in [-0.4, -0.2) is 12.0 Å². The van der Waals surface area contributed by atoms with E-state index < -0.39 is 0 Å². The summed E-state index contributed by atoms with van der Waals surface area (Å²) in [5.41, 5.74) is 12.0. The summed E-state index contributed by atoms with van der Waals surface area (Å²) in [5, 5.41) is 0. The van der Waals surface area contributed by atoms with Gasteiger partial charge in [-0.3, -0.25) is 0 Å². The number of benzene rings is 2. The highest BCUT2D eigenvalue weighted by Crippen LogP contribution is 2.32. The minimum atomic E-state index is 0.761. The van der Waals surface area contributed by atoms with Gasteiger partial charge >= 0.3 is 0 Å². The van der Waals surface area contributed by atoms with Crippen molar-refractivity contribution in [1.82, 2.24) is 4.98 Å². The molecule has 1 aromatic heterocycles. The van der Waals surface area contributed by atoms with Gasteiger partial charge in [0.15, 0.2) is 0 Å². The number of hydrogen-bond donors (Lipinski definition) is 1. The number of hydrogen-bond acceptors (Lipinski definition) is 4. The van der Waals surface area contributed by atoms with Crippen LogP contribution >= 0.6 is 11.3 Å². The van der Waals surface area contributed by atoms with Crippen LogP contribution in [0.15, 0.2) is 48.0 Å². The zero-order valence-electron chi connectivity index (χ0n) is 10.7. The second kappa shape index (κ2) is 4.90. The summed E-state index contributed by atoms with van der Waals surface area (Å²) in [5.74, 6) is 0. The van der Waals surface area contributed by atoms with Gasteiger partial charge in [0.1, 0.15) is 5.52 Å². The molecule has 0 bridgehead atoms. The fraction of sp³-hybridized carbons (Fsp3) is 0.133. The maximum atomic E-state index is 6.22. The number of thiazole rings is 1. The Balaban J connectivity index is 1.93. The maximum Gasteiger partial charge on any atom is 0.106 e. The number of rotatable bonds is 3. The van der Waals surface area contributed by atoms with Crippen molar-refractivity contribution < 1.29 is 0 Å². The van der Waals surface area contributed by atoms with E-state index in [1.165, 1.54) is 5.56 Å². The molecule has 0 spiro atoms. The van der Waals surface area contributed by atoms with Crippen molar-refractivity contribution in [3.63, 3.8) is 0 Å². The first kappa shape index (κ1) is 12.0. The van der Waals surface area contributed by atoms with Gasteiger partial charge in [0.05, 0.1) is 21.6 Å². The standard InChI is InChI=1S/C15H15N3S/c1-18(9-11-5-3-2-4-6-11)12-7-8-13-15(14(12)16)17-10-19-13/h2-8,10H,9,16H2,1H3. The molecule has 0 radical (unpaired) electrons. The number of nitrogen functional groups attached to an aromatic ring is 1. The second-order valence-electron chi connectivity index (χ2n) is 4.54. The van der Waals surface area contributed by atoms with E-state index in [9.17, 15) is 0 Å². The molecule has 2 aromatic carbocycles. The van der Waals surface area contributed by atoms with Crippen LogP contribution in [0, 0.1) is 0 Å². The number of fused-ring (bicyclic) bond motifs is 1. The Kier molecular flexibility index (Phi) is 3.09. The van der Waals surface area contributed by atoms with E-state index in [0.717, 1.165) is 28.1 Å². The van der Waals surface area contributed by atoms with Gasteiger partial charge in [-0.2, -0.15) is 0 Å². The minimum absolute atomic E-state index is 0.761. The van der Waals surface area contributed by atoms with Gasteiger partial charge < -0.3 is 10.6 Å². The molecular formula is C15H15N3S. The largest absolute Gasteiger partial charge is 0.395 e. The molecule has 1 heterocycles. The molecule has 4 heteroatoms. The lowest BCUT2D eigenvalue weighted by atomic mass is 10.2. The van der Waals surface area contributed by atoms with Crippen LogP contribution < -0.4 is 10.6 Å².